The average Bonchev–Trinajstić information content (AvgIpc) is 2.74. The van der Waals surface area contributed by atoms with E-state index in [0.717, 1.165) is 10.4 Å². The van der Waals surface area contributed by atoms with E-state index in [1.54, 1.807) is 11.3 Å². The monoisotopic (exact) mass is 203 g/mol. The summed E-state index contributed by atoms with van der Waals surface area (Å²) in [6.45, 7) is 0. The van der Waals surface area contributed by atoms with Gasteiger partial charge in [0, 0.05) is 5.56 Å². The summed E-state index contributed by atoms with van der Waals surface area (Å²) in [7, 11) is 0. The van der Waals surface area contributed by atoms with Gasteiger partial charge in [-0.2, -0.15) is 0 Å². The van der Waals surface area contributed by atoms with Crippen molar-refractivity contribution in [2.24, 2.45) is 5.16 Å². The lowest BCUT2D eigenvalue weighted by molar-refractivity contribution is 0.320. The Kier molecular flexibility index (Phi) is 2.60. The first-order chi connectivity index (χ1) is 6.92. The minimum atomic E-state index is 0.626. The summed E-state index contributed by atoms with van der Waals surface area (Å²) in [4.78, 5) is 0.971. The van der Waals surface area contributed by atoms with Crippen molar-refractivity contribution in [2.45, 2.75) is 0 Å². The zero-order chi connectivity index (χ0) is 9.80. The van der Waals surface area contributed by atoms with Gasteiger partial charge < -0.3 is 5.21 Å². The lowest BCUT2D eigenvalue weighted by atomic mass is 10.1. The molecule has 0 aliphatic carbocycles. The van der Waals surface area contributed by atoms with E-state index in [-0.39, 0.29) is 0 Å². The van der Waals surface area contributed by atoms with E-state index < -0.39 is 0 Å². The highest BCUT2D eigenvalue weighted by Crippen LogP contribution is 2.15. The fourth-order valence-electron chi connectivity index (χ4n) is 1.26. The highest BCUT2D eigenvalue weighted by atomic mass is 32.1. The van der Waals surface area contributed by atoms with Crippen LogP contribution in [0, 0.1) is 0 Å². The molecule has 1 heterocycles. The van der Waals surface area contributed by atoms with Crippen molar-refractivity contribution in [1.82, 2.24) is 0 Å². The number of hydrogen-bond donors (Lipinski definition) is 1. The fourth-order valence-corrected chi connectivity index (χ4v) is 1.99. The predicted molar refractivity (Wildman–Crippen MR) is 58.2 cm³/mol. The molecular weight excluding hydrogens is 194 g/mol. The topological polar surface area (TPSA) is 32.6 Å². The van der Waals surface area contributed by atoms with Gasteiger partial charge in [-0.25, -0.2) is 0 Å². The van der Waals surface area contributed by atoms with E-state index in [0.29, 0.717) is 5.71 Å². The maximum atomic E-state index is 8.95. The highest BCUT2D eigenvalue weighted by Gasteiger charge is 2.07. The third-order valence-electron chi connectivity index (χ3n) is 1.90. The zero-order valence-electron chi connectivity index (χ0n) is 7.42. The number of benzene rings is 1. The van der Waals surface area contributed by atoms with Crippen LogP contribution < -0.4 is 0 Å². The van der Waals surface area contributed by atoms with E-state index in [1.807, 2.05) is 47.8 Å². The minimum absolute atomic E-state index is 0.626. The molecule has 0 unspecified atom stereocenters. The Morgan fingerprint density at radius 3 is 2.43 bits per heavy atom. The molecule has 2 aromatic rings. The van der Waals surface area contributed by atoms with Crippen LogP contribution in [0.2, 0.25) is 0 Å². The van der Waals surface area contributed by atoms with Crippen LogP contribution in [0.15, 0.2) is 53.0 Å². The molecule has 3 heteroatoms. The summed E-state index contributed by atoms with van der Waals surface area (Å²) in [5.74, 6) is 0. The van der Waals surface area contributed by atoms with Gasteiger partial charge in [-0.3, -0.25) is 0 Å². The predicted octanol–water partition coefficient (Wildman–Crippen LogP) is 2.97. The Labute approximate surface area is 86.1 Å². The second-order valence-corrected chi connectivity index (χ2v) is 3.74. The minimum Gasteiger partial charge on any atom is -0.410 e. The van der Waals surface area contributed by atoms with Gasteiger partial charge in [-0.1, -0.05) is 41.6 Å². The van der Waals surface area contributed by atoms with Gasteiger partial charge in [-0.15, -0.1) is 11.3 Å². The first-order valence-corrected chi connectivity index (χ1v) is 5.11. The molecule has 0 spiro atoms. The Morgan fingerprint density at radius 2 is 1.86 bits per heavy atom. The molecule has 0 aliphatic rings. The number of nitrogens with zero attached hydrogens (tertiary/aromatic N) is 1. The Morgan fingerprint density at radius 1 is 1.07 bits per heavy atom. The van der Waals surface area contributed by atoms with Gasteiger partial charge >= 0.3 is 0 Å². The van der Waals surface area contributed by atoms with Crippen LogP contribution in [-0.2, 0) is 0 Å². The summed E-state index contributed by atoms with van der Waals surface area (Å²) in [6.07, 6.45) is 0. The van der Waals surface area contributed by atoms with Gasteiger partial charge in [0.05, 0.1) is 4.88 Å². The van der Waals surface area contributed by atoms with Crippen molar-refractivity contribution in [3.63, 3.8) is 0 Å². The van der Waals surface area contributed by atoms with Crippen molar-refractivity contribution in [3.05, 3.63) is 58.3 Å². The first-order valence-electron chi connectivity index (χ1n) is 4.23. The average molecular weight is 203 g/mol. The van der Waals surface area contributed by atoms with Crippen LogP contribution in [0.5, 0.6) is 0 Å². The summed E-state index contributed by atoms with van der Waals surface area (Å²) in [6, 6.07) is 13.5. The molecular formula is C11H9NOS. The quantitative estimate of drug-likeness (QED) is 0.454. The zero-order valence-corrected chi connectivity index (χ0v) is 8.24. The van der Waals surface area contributed by atoms with Gasteiger partial charge in [0.25, 0.3) is 0 Å². The molecule has 0 saturated heterocycles. The summed E-state index contributed by atoms with van der Waals surface area (Å²) in [5, 5.41) is 14.2. The Bertz CT molecular complexity index is 420. The van der Waals surface area contributed by atoms with Crippen molar-refractivity contribution in [2.75, 3.05) is 0 Å². The van der Waals surface area contributed by atoms with Crippen LogP contribution in [0.3, 0.4) is 0 Å². The molecule has 1 aromatic heterocycles. The second-order valence-electron chi connectivity index (χ2n) is 2.79. The molecule has 0 bridgehead atoms. The largest absolute Gasteiger partial charge is 0.410 e. The van der Waals surface area contributed by atoms with Crippen molar-refractivity contribution < 1.29 is 5.21 Å². The molecule has 0 atom stereocenters. The number of rotatable bonds is 2. The molecule has 70 valence electrons. The third-order valence-corrected chi connectivity index (χ3v) is 2.78. The van der Waals surface area contributed by atoms with E-state index >= 15 is 0 Å². The van der Waals surface area contributed by atoms with Crippen molar-refractivity contribution in [1.29, 1.82) is 0 Å². The van der Waals surface area contributed by atoms with Crippen molar-refractivity contribution in [3.8, 4) is 0 Å². The molecule has 1 N–H and O–H groups in total. The molecule has 2 nitrogen and oxygen atoms in total. The van der Waals surface area contributed by atoms with Crippen LogP contribution in [0.1, 0.15) is 10.4 Å². The van der Waals surface area contributed by atoms with Crippen LogP contribution in [0.4, 0.5) is 0 Å². The van der Waals surface area contributed by atoms with E-state index in [9.17, 15) is 0 Å². The Hall–Kier alpha value is -1.61. The lowest BCUT2D eigenvalue weighted by Crippen LogP contribution is -1.99. The Balaban J connectivity index is 2.43. The van der Waals surface area contributed by atoms with Crippen molar-refractivity contribution >= 4 is 17.0 Å². The smallest absolute Gasteiger partial charge is 0.127 e. The molecule has 0 saturated carbocycles. The lowest BCUT2D eigenvalue weighted by Gasteiger charge is -2.00. The third kappa shape index (κ3) is 1.67. The molecule has 0 radical (unpaired) electrons. The number of thiophene rings is 1. The second kappa shape index (κ2) is 4.07. The SMILES string of the molecule is O/N=C(\c1ccccc1)c1cccs1. The summed E-state index contributed by atoms with van der Waals surface area (Å²) < 4.78 is 0. The van der Waals surface area contributed by atoms with E-state index in [4.69, 9.17) is 5.21 Å². The standard InChI is InChI=1S/C11H9NOS/c13-12-11(10-7-4-8-14-10)9-5-2-1-3-6-9/h1-8,13H/b12-11+. The first kappa shape index (κ1) is 8.97. The molecule has 1 aromatic carbocycles. The van der Waals surface area contributed by atoms with Crippen LogP contribution in [-0.4, -0.2) is 10.9 Å². The summed E-state index contributed by atoms with van der Waals surface area (Å²) in [5.41, 5.74) is 1.55. The maximum absolute atomic E-state index is 8.95. The van der Waals surface area contributed by atoms with Crippen LogP contribution in [0.25, 0.3) is 0 Å². The van der Waals surface area contributed by atoms with Gasteiger partial charge in [0.2, 0.25) is 0 Å². The van der Waals surface area contributed by atoms with E-state index in [1.165, 1.54) is 0 Å². The molecule has 14 heavy (non-hydrogen) atoms. The van der Waals surface area contributed by atoms with Crippen LogP contribution >= 0.6 is 11.3 Å². The van der Waals surface area contributed by atoms with E-state index in [2.05, 4.69) is 5.16 Å². The molecule has 0 aliphatic heterocycles. The molecule has 2 rings (SSSR count). The fraction of sp³-hybridized carbons (Fsp3) is 0. The van der Waals surface area contributed by atoms with Gasteiger partial charge in [0.15, 0.2) is 0 Å². The maximum Gasteiger partial charge on any atom is 0.127 e. The molecule has 0 fully saturated rings. The normalized spacial score (nSPS) is 11.6. The number of hydrogen-bond acceptors (Lipinski definition) is 3. The van der Waals surface area contributed by atoms with Gasteiger partial charge in [-0.05, 0) is 11.4 Å². The van der Waals surface area contributed by atoms with Gasteiger partial charge in [0.1, 0.15) is 5.71 Å². The molecule has 0 amide bonds. The number of oxime groups is 1. The highest BCUT2D eigenvalue weighted by molar-refractivity contribution is 7.12. The summed E-state index contributed by atoms with van der Waals surface area (Å²) >= 11 is 1.56.